The average molecular weight is 253 g/mol. The van der Waals surface area contributed by atoms with Gasteiger partial charge in [0.05, 0.1) is 0 Å². The molecule has 4 nitrogen and oxygen atoms in total. The fraction of sp³-hybridized carbons (Fsp3) is 0.200. The molecular formula is C10H9ClN4S. The van der Waals surface area contributed by atoms with Gasteiger partial charge in [-0.25, -0.2) is 19.9 Å². The van der Waals surface area contributed by atoms with Crippen LogP contribution in [-0.4, -0.2) is 19.9 Å². The molecule has 0 spiro atoms. The molecule has 2 aromatic heterocycles. The van der Waals surface area contributed by atoms with Crippen LogP contribution in [0, 0.1) is 13.8 Å². The van der Waals surface area contributed by atoms with Crippen LogP contribution in [0.1, 0.15) is 11.4 Å². The van der Waals surface area contributed by atoms with Crippen LogP contribution in [0.3, 0.4) is 0 Å². The molecular weight excluding hydrogens is 244 g/mol. The number of nitrogens with zero attached hydrogens (tertiary/aromatic N) is 4. The predicted octanol–water partition coefficient (Wildman–Crippen LogP) is 2.69. The molecule has 0 aliphatic heterocycles. The number of aryl methyl sites for hydroxylation is 2. The summed E-state index contributed by atoms with van der Waals surface area (Å²) in [6.45, 7) is 3.87. The lowest BCUT2D eigenvalue weighted by molar-refractivity contribution is 0.897. The molecule has 6 heteroatoms. The molecule has 0 saturated carbocycles. The Morgan fingerprint density at radius 1 is 1.12 bits per heavy atom. The maximum absolute atomic E-state index is 5.70. The van der Waals surface area contributed by atoms with Crippen LogP contribution in [0.4, 0.5) is 0 Å². The van der Waals surface area contributed by atoms with Gasteiger partial charge in [0.15, 0.2) is 5.16 Å². The lowest BCUT2D eigenvalue weighted by Crippen LogP contribution is -1.93. The topological polar surface area (TPSA) is 51.6 Å². The highest BCUT2D eigenvalue weighted by atomic mass is 35.5. The van der Waals surface area contributed by atoms with Crippen LogP contribution in [0.25, 0.3) is 0 Å². The number of halogens is 1. The summed E-state index contributed by atoms with van der Waals surface area (Å²) < 4.78 is 0. The van der Waals surface area contributed by atoms with Crippen LogP contribution in [0.5, 0.6) is 0 Å². The molecule has 0 aliphatic rings. The average Bonchev–Trinajstić information content (AvgIpc) is 2.15. The summed E-state index contributed by atoms with van der Waals surface area (Å²) in [4.78, 5) is 16.5. The summed E-state index contributed by atoms with van der Waals surface area (Å²) in [5.41, 5.74) is 1.88. The fourth-order valence-electron chi connectivity index (χ4n) is 1.21. The van der Waals surface area contributed by atoms with Crippen molar-refractivity contribution in [2.24, 2.45) is 0 Å². The van der Waals surface area contributed by atoms with Crippen LogP contribution >= 0.6 is 23.4 Å². The molecule has 0 fully saturated rings. The molecule has 0 radical (unpaired) electrons. The zero-order valence-corrected chi connectivity index (χ0v) is 10.4. The van der Waals surface area contributed by atoms with Gasteiger partial charge in [-0.3, -0.25) is 0 Å². The third kappa shape index (κ3) is 2.90. The Balaban J connectivity index is 2.27. The first-order valence-electron chi connectivity index (χ1n) is 4.62. The second-order valence-corrected chi connectivity index (χ2v) is 4.52. The van der Waals surface area contributed by atoms with E-state index in [4.69, 9.17) is 11.6 Å². The van der Waals surface area contributed by atoms with Crippen molar-refractivity contribution in [3.05, 3.63) is 35.0 Å². The summed E-state index contributed by atoms with van der Waals surface area (Å²) >= 11 is 7.07. The van der Waals surface area contributed by atoms with Gasteiger partial charge in [-0.2, -0.15) is 0 Å². The molecule has 2 rings (SSSR count). The van der Waals surface area contributed by atoms with Crippen LogP contribution in [0.15, 0.2) is 28.5 Å². The van der Waals surface area contributed by atoms with E-state index in [1.54, 1.807) is 12.3 Å². The van der Waals surface area contributed by atoms with Crippen molar-refractivity contribution < 1.29 is 0 Å². The van der Waals surface area contributed by atoms with Gasteiger partial charge in [0, 0.05) is 17.6 Å². The fourth-order valence-corrected chi connectivity index (χ4v) is 2.23. The zero-order chi connectivity index (χ0) is 11.5. The second kappa shape index (κ2) is 4.76. The number of rotatable bonds is 2. The maximum atomic E-state index is 5.70. The highest BCUT2D eigenvalue weighted by Crippen LogP contribution is 2.23. The van der Waals surface area contributed by atoms with Crippen molar-refractivity contribution in [3.8, 4) is 0 Å². The van der Waals surface area contributed by atoms with Gasteiger partial charge in [-0.15, -0.1) is 0 Å². The lowest BCUT2D eigenvalue weighted by atomic mass is 10.4. The van der Waals surface area contributed by atoms with Crippen molar-refractivity contribution in [2.75, 3.05) is 0 Å². The van der Waals surface area contributed by atoms with E-state index < -0.39 is 0 Å². The Bertz CT molecular complexity index is 498. The summed E-state index contributed by atoms with van der Waals surface area (Å²) in [5.74, 6) is 0. The standard InChI is InChI=1S/C10H9ClN4S/c1-6-5-7(2)14-10(13-6)16-8-3-4-12-9(11)15-8/h3-5H,1-2H3. The van der Waals surface area contributed by atoms with E-state index in [9.17, 15) is 0 Å². The van der Waals surface area contributed by atoms with E-state index in [1.807, 2.05) is 19.9 Å². The Kier molecular flexibility index (Phi) is 3.36. The van der Waals surface area contributed by atoms with Gasteiger partial charge in [-0.1, -0.05) is 0 Å². The molecule has 82 valence electrons. The van der Waals surface area contributed by atoms with Crippen LogP contribution < -0.4 is 0 Å². The van der Waals surface area contributed by atoms with Crippen molar-refractivity contribution in [1.82, 2.24) is 19.9 Å². The minimum absolute atomic E-state index is 0.231. The molecule has 0 aliphatic carbocycles. The maximum Gasteiger partial charge on any atom is 0.223 e. The normalized spacial score (nSPS) is 10.4. The zero-order valence-electron chi connectivity index (χ0n) is 8.81. The van der Waals surface area contributed by atoms with Crippen LogP contribution in [0.2, 0.25) is 5.28 Å². The monoisotopic (exact) mass is 252 g/mol. The van der Waals surface area contributed by atoms with Gasteiger partial charge in [0.2, 0.25) is 5.28 Å². The molecule has 0 aromatic carbocycles. The number of hydrogen-bond acceptors (Lipinski definition) is 5. The molecule has 2 heterocycles. The molecule has 0 amide bonds. The van der Waals surface area contributed by atoms with E-state index in [-0.39, 0.29) is 5.28 Å². The van der Waals surface area contributed by atoms with Crippen LogP contribution in [-0.2, 0) is 0 Å². The van der Waals surface area contributed by atoms with E-state index in [0.717, 1.165) is 16.4 Å². The first-order chi connectivity index (χ1) is 7.63. The highest BCUT2D eigenvalue weighted by Gasteiger charge is 2.04. The van der Waals surface area contributed by atoms with Crippen molar-refractivity contribution in [2.45, 2.75) is 24.0 Å². The first-order valence-corrected chi connectivity index (χ1v) is 5.81. The van der Waals surface area contributed by atoms with E-state index in [0.29, 0.717) is 5.16 Å². The summed E-state index contributed by atoms with van der Waals surface area (Å²) in [5, 5.41) is 1.65. The molecule has 0 unspecified atom stereocenters. The minimum atomic E-state index is 0.231. The summed E-state index contributed by atoms with van der Waals surface area (Å²) in [7, 11) is 0. The van der Waals surface area contributed by atoms with Gasteiger partial charge >= 0.3 is 0 Å². The Labute approximate surface area is 103 Å². The second-order valence-electron chi connectivity index (χ2n) is 3.20. The quantitative estimate of drug-likeness (QED) is 0.608. The van der Waals surface area contributed by atoms with Gasteiger partial charge < -0.3 is 0 Å². The molecule has 0 saturated heterocycles. The number of hydrogen-bond donors (Lipinski definition) is 0. The molecule has 0 bridgehead atoms. The molecule has 2 aromatic rings. The Morgan fingerprint density at radius 3 is 2.44 bits per heavy atom. The lowest BCUT2D eigenvalue weighted by Gasteiger charge is -2.01. The van der Waals surface area contributed by atoms with E-state index in [2.05, 4.69) is 19.9 Å². The Morgan fingerprint density at radius 2 is 1.81 bits per heavy atom. The minimum Gasteiger partial charge on any atom is -0.228 e. The predicted molar refractivity (Wildman–Crippen MR) is 62.7 cm³/mol. The smallest absolute Gasteiger partial charge is 0.223 e. The van der Waals surface area contributed by atoms with E-state index in [1.165, 1.54) is 11.8 Å². The third-order valence-electron chi connectivity index (χ3n) is 1.76. The van der Waals surface area contributed by atoms with Gasteiger partial charge in [0.1, 0.15) is 5.03 Å². The SMILES string of the molecule is Cc1cc(C)nc(Sc2ccnc(Cl)n2)n1. The third-order valence-corrected chi connectivity index (χ3v) is 2.74. The molecule has 0 atom stereocenters. The van der Waals surface area contributed by atoms with Gasteiger partial charge in [-0.05, 0) is 49.3 Å². The summed E-state index contributed by atoms with van der Waals surface area (Å²) in [6.07, 6.45) is 1.61. The molecule has 0 N–H and O–H groups in total. The molecule has 16 heavy (non-hydrogen) atoms. The van der Waals surface area contributed by atoms with Crippen molar-refractivity contribution in [1.29, 1.82) is 0 Å². The first kappa shape index (κ1) is 11.3. The highest BCUT2D eigenvalue weighted by molar-refractivity contribution is 7.99. The van der Waals surface area contributed by atoms with Gasteiger partial charge in [0.25, 0.3) is 0 Å². The van der Waals surface area contributed by atoms with E-state index >= 15 is 0 Å². The van der Waals surface area contributed by atoms with Crippen molar-refractivity contribution >= 4 is 23.4 Å². The number of aromatic nitrogens is 4. The van der Waals surface area contributed by atoms with Crippen molar-refractivity contribution in [3.63, 3.8) is 0 Å². The largest absolute Gasteiger partial charge is 0.228 e. The summed E-state index contributed by atoms with van der Waals surface area (Å²) in [6, 6.07) is 3.70. The Hall–Kier alpha value is -1.20.